The van der Waals surface area contributed by atoms with Gasteiger partial charge in [-0.25, -0.2) is 0 Å². The standard InChI is InChI=1S/C18H28O5/c1-6-14(7-13(2)3)18(19)15-8-16(22-11-20-4)10-17(9-15)23-12-21-5/h6,8-10,13-14,18-19H,1,7,11-12H2,2-5H3/t14-,18-/m1/s1. The molecule has 0 heterocycles. The van der Waals surface area contributed by atoms with Crippen molar-refractivity contribution in [3.63, 3.8) is 0 Å². The van der Waals surface area contributed by atoms with Gasteiger partial charge in [0.2, 0.25) is 0 Å². The lowest BCUT2D eigenvalue weighted by molar-refractivity contribution is 0.0452. The molecule has 5 heteroatoms. The molecule has 0 saturated heterocycles. The van der Waals surface area contributed by atoms with Gasteiger partial charge in [0.15, 0.2) is 13.6 Å². The molecule has 0 unspecified atom stereocenters. The van der Waals surface area contributed by atoms with E-state index < -0.39 is 6.10 Å². The zero-order valence-corrected chi connectivity index (χ0v) is 14.5. The van der Waals surface area contributed by atoms with Crippen molar-refractivity contribution in [1.29, 1.82) is 0 Å². The van der Waals surface area contributed by atoms with E-state index in [2.05, 4.69) is 20.4 Å². The molecule has 5 nitrogen and oxygen atoms in total. The van der Waals surface area contributed by atoms with Crippen molar-refractivity contribution < 1.29 is 24.1 Å². The Hall–Kier alpha value is -1.56. The van der Waals surface area contributed by atoms with Crippen molar-refractivity contribution in [1.82, 2.24) is 0 Å². The number of aliphatic hydroxyl groups excluding tert-OH is 1. The van der Waals surface area contributed by atoms with Crippen LogP contribution in [-0.4, -0.2) is 32.9 Å². The van der Waals surface area contributed by atoms with Crippen LogP contribution >= 0.6 is 0 Å². The van der Waals surface area contributed by atoms with Crippen molar-refractivity contribution in [2.45, 2.75) is 26.4 Å². The maximum atomic E-state index is 10.7. The number of aliphatic hydroxyl groups is 1. The second-order valence-electron chi connectivity index (χ2n) is 5.81. The van der Waals surface area contributed by atoms with Crippen molar-refractivity contribution in [2.75, 3.05) is 27.8 Å². The third kappa shape index (κ3) is 6.60. The summed E-state index contributed by atoms with van der Waals surface area (Å²) in [5.74, 6) is 1.57. The predicted molar refractivity (Wildman–Crippen MR) is 89.6 cm³/mol. The summed E-state index contributed by atoms with van der Waals surface area (Å²) < 4.78 is 20.8. The van der Waals surface area contributed by atoms with Gasteiger partial charge in [-0.3, -0.25) is 0 Å². The van der Waals surface area contributed by atoms with Crippen LogP contribution in [0.4, 0.5) is 0 Å². The maximum absolute atomic E-state index is 10.7. The molecule has 1 aromatic rings. The Balaban J connectivity index is 3.02. The molecule has 2 atom stereocenters. The SMILES string of the molecule is C=C[C@H](CC(C)C)[C@@H](O)c1cc(OCOC)cc(OCOC)c1. The fraction of sp³-hybridized carbons (Fsp3) is 0.556. The molecule has 1 aromatic carbocycles. The quantitative estimate of drug-likeness (QED) is 0.498. The Morgan fingerprint density at radius 2 is 1.57 bits per heavy atom. The molecular formula is C18H28O5. The highest BCUT2D eigenvalue weighted by Gasteiger charge is 2.21. The largest absolute Gasteiger partial charge is 0.467 e. The first-order valence-electron chi connectivity index (χ1n) is 7.70. The molecule has 0 bridgehead atoms. The Kier molecular flexibility index (Phi) is 8.69. The van der Waals surface area contributed by atoms with Crippen molar-refractivity contribution in [3.05, 3.63) is 36.4 Å². The highest BCUT2D eigenvalue weighted by atomic mass is 16.7. The highest BCUT2D eigenvalue weighted by Crippen LogP contribution is 2.33. The fourth-order valence-corrected chi connectivity index (χ4v) is 2.33. The van der Waals surface area contributed by atoms with Crippen molar-refractivity contribution in [2.24, 2.45) is 11.8 Å². The Morgan fingerprint density at radius 1 is 1.04 bits per heavy atom. The number of hydrogen-bond acceptors (Lipinski definition) is 5. The van der Waals surface area contributed by atoms with Gasteiger partial charge in [-0.2, -0.15) is 0 Å². The lowest BCUT2D eigenvalue weighted by atomic mass is 9.88. The molecule has 0 saturated carbocycles. The van der Waals surface area contributed by atoms with E-state index in [1.165, 1.54) is 0 Å². The van der Waals surface area contributed by atoms with E-state index in [-0.39, 0.29) is 19.5 Å². The van der Waals surface area contributed by atoms with E-state index in [1.807, 2.05) is 0 Å². The van der Waals surface area contributed by atoms with Crippen LogP contribution in [-0.2, 0) is 9.47 Å². The molecule has 0 aliphatic heterocycles. The van der Waals surface area contributed by atoms with Crippen LogP contribution in [0.15, 0.2) is 30.9 Å². The van der Waals surface area contributed by atoms with Crippen LogP contribution in [0.25, 0.3) is 0 Å². The van der Waals surface area contributed by atoms with Gasteiger partial charge < -0.3 is 24.1 Å². The van der Waals surface area contributed by atoms with Crippen LogP contribution in [0, 0.1) is 11.8 Å². The molecule has 1 N–H and O–H groups in total. The minimum atomic E-state index is -0.675. The number of rotatable bonds is 11. The van der Waals surface area contributed by atoms with Gasteiger partial charge in [-0.15, -0.1) is 6.58 Å². The van der Waals surface area contributed by atoms with Crippen molar-refractivity contribution >= 4 is 0 Å². The Morgan fingerprint density at radius 3 is 1.96 bits per heavy atom. The number of methoxy groups -OCH3 is 2. The van der Waals surface area contributed by atoms with E-state index in [0.717, 1.165) is 12.0 Å². The molecule has 0 aliphatic carbocycles. The highest BCUT2D eigenvalue weighted by molar-refractivity contribution is 5.39. The molecule has 130 valence electrons. The molecule has 0 aliphatic rings. The van der Waals surface area contributed by atoms with Crippen molar-refractivity contribution in [3.8, 4) is 11.5 Å². The van der Waals surface area contributed by atoms with E-state index in [9.17, 15) is 5.11 Å². The molecule has 0 amide bonds. The lowest BCUT2D eigenvalue weighted by Crippen LogP contribution is -2.13. The smallest absolute Gasteiger partial charge is 0.188 e. The summed E-state index contributed by atoms with van der Waals surface area (Å²) in [6.45, 7) is 8.33. The van der Waals surface area contributed by atoms with Gasteiger partial charge in [-0.1, -0.05) is 19.9 Å². The molecule has 0 spiro atoms. The summed E-state index contributed by atoms with van der Waals surface area (Å²) in [5, 5.41) is 10.7. The minimum absolute atomic E-state index is 0.0389. The summed E-state index contributed by atoms with van der Waals surface area (Å²) in [7, 11) is 3.11. The normalized spacial score (nSPS) is 13.7. The molecule has 23 heavy (non-hydrogen) atoms. The van der Waals surface area contributed by atoms with Gasteiger partial charge in [-0.05, 0) is 30.0 Å². The first kappa shape index (κ1) is 19.5. The predicted octanol–water partition coefficient (Wildman–Crippen LogP) is 3.53. The average molecular weight is 324 g/mol. The number of ether oxygens (including phenoxy) is 4. The zero-order chi connectivity index (χ0) is 17.2. The Labute approximate surface area is 138 Å². The third-order valence-corrected chi connectivity index (χ3v) is 3.38. The van der Waals surface area contributed by atoms with Gasteiger partial charge in [0.1, 0.15) is 11.5 Å². The van der Waals surface area contributed by atoms with E-state index in [1.54, 1.807) is 38.5 Å². The number of hydrogen-bond donors (Lipinski definition) is 1. The summed E-state index contributed by atoms with van der Waals surface area (Å²) in [6.07, 6.45) is 1.97. The van der Waals surface area contributed by atoms with E-state index in [4.69, 9.17) is 18.9 Å². The van der Waals surface area contributed by atoms with E-state index >= 15 is 0 Å². The lowest BCUT2D eigenvalue weighted by Gasteiger charge is -2.23. The number of benzene rings is 1. The minimum Gasteiger partial charge on any atom is -0.467 e. The molecule has 0 aromatic heterocycles. The van der Waals surface area contributed by atoms with Gasteiger partial charge in [0.05, 0.1) is 6.10 Å². The first-order valence-corrected chi connectivity index (χ1v) is 7.70. The second-order valence-corrected chi connectivity index (χ2v) is 5.81. The summed E-state index contributed by atoms with van der Waals surface area (Å²) in [4.78, 5) is 0. The fourth-order valence-electron chi connectivity index (χ4n) is 2.33. The van der Waals surface area contributed by atoms with Crippen LogP contribution in [0.1, 0.15) is 31.9 Å². The molecule has 1 rings (SSSR count). The molecule has 0 fully saturated rings. The summed E-state index contributed by atoms with van der Waals surface area (Å²) >= 11 is 0. The Bertz CT molecular complexity index is 446. The van der Waals surface area contributed by atoms with E-state index in [0.29, 0.717) is 17.4 Å². The van der Waals surface area contributed by atoms with Crippen LogP contribution in [0.2, 0.25) is 0 Å². The van der Waals surface area contributed by atoms with Crippen LogP contribution < -0.4 is 9.47 Å². The molecular weight excluding hydrogens is 296 g/mol. The van der Waals surface area contributed by atoms with Gasteiger partial charge in [0, 0.05) is 26.2 Å². The summed E-state index contributed by atoms with van der Waals surface area (Å²) in [6, 6.07) is 5.32. The zero-order valence-electron chi connectivity index (χ0n) is 14.5. The van der Waals surface area contributed by atoms with Crippen LogP contribution in [0.3, 0.4) is 0 Å². The van der Waals surface area contributed by atoms with Crippen LogP contribution in [0.5, 0.6) is 11.5 Å². The first-order chi connectivity index (χ1) is 11.0. The second kappa shape index (κ2) is 10.3. The third-order valence-electron chi connectivity index (χ3n) is 3.38. The van der Waals surface area contributed by atoms with Gasteiger partial charge in [0.25, 0.3) is 0 Å². The average Bonchev–Trinajstić information content (AvgIpc) is 2.54. The topological polar surface area (TPSA) is 57.2 Å². The maximum Gasteiger partial charge on any atom is 0.188 e. The molecule has 0 radical (unpaired) electrons. The summed E-state index contributed by atoms with van der Waals surface area (Å²) in [5.41, 5.74) is 0.718. The monoisotopic (exact) mass is 324 g/mol. The van der Waals surface area contributed by atoms with Gasteiger partial charge >= 0.3 is 0 Å².